The largest absolute Gasteiger partial charge is 0.493 e. The van der Waals surface area contributed by atoms with Crippen molar-refractivity contribution in [2.75, 3.05) is 7.11 Å². The Morgan fingerprint density at radius 1 is 1.06 bits per heavy atom. The summed E-state index contributed by atoms with van der Waals surface area (Å²) in [5.41, 5.74) is 0.650. The molecule has 1 aromatic heterocycles. The molecule has 0 saturated carbocycles. The van der Waals surface area contributed by atoms with E-state index < -0.39 is 15.9 Å². The number of hydrogen-bond acceptors (Lipinski definition) is 6. The van der Waals surface area contributed by atoms with Gasteiger partial charge in [0.15, 0.2) is 11.5 Å². The van der Waals surface area contributed by atoms with Crippen LogP contribution in [0.25, 0.3) is 0 Å². The molecule has 0 aliphatic carbocycles. The van der Waals surface area contributed by atoms with Crippen LogP contribution in [-0.4, -0.2) is 26.3 Å². The van der Waals surface area contributed by atoms with Crippen LogP contribution < -0.4 is 8.92 Å². The van der Waals surface area contributed by atoms with Gasteiger partial charge in [-0.1, -0.05) is 19.4 Å². The molecule has 0 spiro atoms. The van der Waals surface area contributed by atoms with Gasteiger partial charge in [0.1, 0.15) is 16.5 Å². The highest BCUT2D eigenvalue weighted by atomic mass is 32.2. The molecule has 1 heterocycles. The van der Waals surface area contributed by atoms with Crippen molar-refractivity contribution in [1.29, 1.82) is 0 Å². The first-order chi connectivity index (χ1) is 15.8. The minimum absolute atomic E-state index is 0.0294. The van der Waals surface area contributed by atoms with Gasteiger partial charge in [0.25, 0.3) is 0 Å². The van der Waals surface area contributed by atoms with E-state index in [4.69, 9.17) is 13.3 Å². The molecule has 3 aromatic rings. The van der Waals surface area contributed by atoms with Crippen LogP contribution in [0.5, 0.6) is 11.5 Å². The summed E-state index contributed by atoms with van der Waals surface area (Å²) >= 11 is 0. The van der Waals surface area contributed by atoms with Crippen molar-refractivity contribution >= 4 is 16.0 Å². The molecule has 2 aromatic carbocycles. The first kappa shape index (κ1) is 24.3. The van der Waals surface area contributed by atoms with Gasteiger partial charge >= 0.3 is 10.1 Å². The Labute approximate surface area is 192 Å². The lowest BCUT2D eigenvalue weighted by atomic mass is 10.1. The molecule has 0 radical (unpaired) electrons. The standard InChI is InChI=1S/C24H26FNO6S/c1-3-4-7-24(27)26(17-20-6-5-14-31-20)16-18-8-13-22(30-2)23(15-18)32-33(28,29)21-11-9-19(25)10-12-21/h5-6,8-15H,3-4,7,16-17H2,1-2H3. The fraction of sp³-hybridized carbons (Fsp3) is 0.292. The summed E-state index contributed by atoms with van der Waals surface area (Å²) < 4.78 is 54.5. The normalized spacial score (nSPS) is 11.2. The summed E-state index contributed by atoms with van der Waals surface area (Å²) in [6.45, 7) is 2.52. The molecule has 3 rings (SSSR count). The number of furan rings is 1. The van der Waals surface area contributed by atoms with Gasteiger partial charge in [0.2, 0.25) is 5.91 Å². The zero-order chi connectivity index (χ0) is 23.8. The summed E-state index contributed by atoms with van der Waals surface area (Å²) in [7, 11) is -2.83. The Hall–Kier alpha value is -3.33. The van der Waals surface area contributed by atoms with E-state index in [1.807, 2.05) is 6.92 Å². The Bertz CT molecular complexity index is 1160. The number of nitrogens with zero attached hydrogens (tertiary/aromatic N) is 1. The van der Waals surface area contributed by atoms with Gasteiger partial charge in [-0.2, -0.15) is 8.42 Å². The van der Waals surface area contributed by atoms with Crippen LogP contribution in [0.1, 0.15) is 37.5 Å². The molecule has 0 N–H and O–H groups in total. The Kier molecular flexibility index (Phi) is 8.11. The maximum atomic E-state index is 13.2. The zero-order valence-electron chi connectivity index (χ0n) is 18.5. The predicted octanol–water partition coefficient (Wildman–Crippen LogP) is 4.91. The van der Waals surface area contributed by atoms with E-state index in [0.717, 1.165) is 37.1 Å². The van der Waals surface area contributed by atoms with Gasteiger partial charge in [-0.25, -0.2) is 4.39 Å². The summed E-state index contributed by atoms with van der Waals surface area (Å²) in [4.78, 5) is 14.2. The average Bonchev–Trinajstić information content (AvgIpc) is 3.30. The van der Waals surface area contributed by atoms with Crippen molar-refractivity contribution in [1.82, 2.24) is 4.90 Å². The lowest BCUT2D eigenvalue weighted by Crippen LogP contribution is -2.29. The smallest absolute Gasteiger partial charge is 0.339 e. The number of methoxy groups -OCH3 is 1. The number of hydrogen-bond donors (Lipinski definition) is 0. The van der Waals surface area contributed by atoms with Gasteiger partial charge in [0.05, 0.1) is 19.9 Å². The fourth-order valence-corrected chi connectivity index (χ4v) is 4.11. The average molecular weight is 476 g/mol. The van der Waals surface area contributed by atoms with Gasteiger partial charge in [-0.15, -0.1) is 0 Å². The van der Waals surface area contributed by atoms with Crippen molar-refractivity contribution in [2.24, 2.45) is 0 Å². The Morgan fingerprint density at radius 2 is 1.82 bits per heavy atom. The zero-order valence-corrected chi connectivity index (χ0v) is 19.3. The fourth-order valence-electron chi connectivity index (χ4n) is 3.18. The van der Waals surface area contributed by atoms with Crippen LogP contribution in [-0.2, 0) is 28.0 Å². The van der Waals surface area contributed by atoms with Gasteiger partial charge < -0.3 is 18.2 Å². The summed E-state index contributed by atoms with van der Waals surface area (Å²) in [5.74, 6) is 0.227. The third kappa shape index (κ3) is 6.58. The second kappa shape index (κ2) is 11.0. The van der Waals surface area contributed by atoms with E-state index >= 15 is 0 Å². The highest BCUT2D eigenvalue weighted by Gasteiger charge is 2.21. The number of halogens is 1. The number of amides is 1. The van der Waals surface area contributed by atoms with Gasteiger partial charge in [-0.3, -0.25) is 4.79 Å². The lowest BCUT2D eigenvalue weighted by molar-refractivity contribution is -0.132. The molecule has 176 valence electrons. The molecule has 0 bridgehead atoms. The molecular weight excluding hydrogens is 449 g/mol. The molecule has 0 saturated heterocycles. The first-order valence-corrected chi connectivity index (χ1v) is 11.9. The second-order valence-corrected chi connectivity index (χ2v) is 8.96. The van der Waals surface area contributed by atoms with Crippen molar-refractivity contribution in [2.45, 2.75) is 44.2 Å². The molecule has 1 amide bonds. The molecule has 7 nitrogen and oxygen atoms in total. The van der Waals surface area contributed by atoms with Crippen molar-refractivity contribution in [3.05, 3.63) is 78.0 Å². The molecular formula is C24H26FNO6S. The monoisotopic (exact) mass is 475 g/mol. The molecule has 0 atom stereocenters. The molecule has 33 heavy (non-hydrogen) atoms. The third-order valence-electron chi connectivity index (χ3n) is 4.93. The maximum absolute atomic E-state index is 13.2. The quantitative estimate of drug-likeness (QED) is 0.366. The number of benzene rings is 2. The molecule has 0 aliphatic rings. The maximum Gasteiger partial charge on any atom is 0.339 e. The number of carbonyl (C=O) groups is 1. The molecule has 0 fully saturated rings. The molecule has 0 unspecified atom stereocenters. The van der Waals surface area contributed by atoms with Crippen molar-refractivity contribution in [3.8, 4) is 11.5 Å². The van der Waals surface area contributed by atoms with E-state index in [1.54, 1.807) is 35.4 Å². The topological polar surface area (TPSA) is 86.0 Å². The minimum atomic E-state index is -4.22. The molecule has 0 aliphatic heterocycles. The van der Waals surface area contributed by atoms with Crippen molar-refractivity contribution in [3.63, 3.8) is 0 Å². The highest BCUT2D eigenvalue weighted by molar-refractivity contribution is 7.87. The van der Waals surface area contributed by atoms with Gasteiger partial charge in [-0.05, 0) is 60.5 Å². The van der Waals surface area contributed by atoms with Crippen molar-refractivity contribution < 1.29 is 30.9 Å². The first-order valence-electron chi connectivity index (χ1n) is 10.5. The summed E-state index contributed by atoms with van der Waals surface area (Å²) in [5, 5.41) is 0. The van der Waals surface area contributed by atoms with Crippen LogP contribution in [0.3, 0.4) is 0 Å². The minimum Gasteiger partial charge on any atom is -0.493 e. The van der Waals surface area contributed by atoms with Crippen LogP contribution in [0.4, 0.5) is 4.39 Å². The van der Waals surface area contributed by atoms with E-state index in [2.05, 4.69) is 0 Å². The number of carbonyl (C=O) groups excluding carboxylic acids is 1. The SMILES string of the molecule is CCCCC(=O)N(Cc1ccc(OC)c(OS(=O)(=O)c2ccc(F)cc2)c1)Cc1ccco1. The van der Waals surface area contributed by atoms with E-state index in [1.165, 1.54) is 13.2 Å². The third-order valence-corrected chi connectivity index (χ3v) is 6.18. The number of ether oxygens (including phenoxy) is 1. The predicted molar refractivity (Wildman–Crippen MR) is 120 cm³/mol. The number of unbranched alkanes of at least 4 members (excludes halogenated alkanes) is 1. The van der Waals surface area contributed by atoms with Crippen LogP contribution in [0.2, 0.25) is 0 Å². The second-order valence-electron chi connectivity index (χ2n) is 7.41. The van der Waals surface area contributed by atoms with Crippen LogP contribution in [0, 0.1) is 5.82 Å². The van der Waals surface area contributed by atoms with E-state index in [0.29, 0.717) is 17.7 Å². The Morgan fingerprint density at radius 3 is 2.45 bits per heavy atom. The van der Waals surface area contributed by atoms with Crippen LogP contribution >= 0.6 is 0 Å². The van der Waals surface area contributed by atoms with E-state index in [-0.39, 0.29) is 35.4 Å². The van der Waals surface area contributed by atoms with Gasteiger partial charge in [0, 0.05) is 13.0 Å². The summed E-state index contributed by atoms with van der Waals surface area (Å²) in [6, 6.07) is 12.7. The molecule has 9 heteroatoms. The lowest BCUT2D eigenvalue weighted by Gasteiger charge is -2.22. The Balaban J connectivity index is 1.85. The number of rotatable bonds is 11. The highest BCUT2D eigenvalue weighted by Crippen LogP contribution is 2.31. The summed E-state index contributed by atoms with van der Waals surface area (Å²) in [6.07, 6.45) is 3.60. The van der Waals surface area contributed by atoms with E-state index in [9.17, 15) is 17.6 Å². The van der Waals surface area contributed by atoms with Crippen LogP contribution in [0.15, 0.2) is 70.2 Å².